The van der Waals surface area contributed by atoms with E-state index in [1.807, 2.05) is 0 Å². The molecule has 1 saturated heterocycles. The number of halogens is 1. The summed E-state index contributed by atoms with van der Waals surface area (Å²) in [6, 6.07) is 1.45. The van der Waals surface area contributed by atoms with E-state index in [2.05, 4.69) is 24.1 Å². The van der Waals surface area contributed by atoms with Crippen LogP contribution in [0.15, 0.2) is 12.3 Å². The van der Waals surface area contributed by atoms with Crippen LogP contribution in [0, 0.1) is 11.2 Å². The van der Waals surface area contributed by atoms with Crippen molar-refractivity contribution in [2.24, 2.45) is 5.41 Å². The molecule has 1 amide bonds. The van der Waals surface area contributed by atoms with Crippen LogP contribution in [-0.4, -0.2) is 35.9 Å². The van der Waals surface area contributed by atoms with Gasteiger partial charge in [-0.05, 0) is 30.7 Å². The largest absolute Gasteiger partial charge is 0.371 e. The molecule has 0 aliphatic carbocycles. The van der Waals surface area contributed by atoms with Gasteiger partial charge in [0, 0.05) is 26.3 Å². The Bertz CT molecular complexity index is 502. The lowest BCUT2D eigenvalue weighted by Gasteiger charge is -2.23. The monoisotopic (exact) mass is 279 g/mol. The zero-order valence-electron chi connectivity index (χ0n) is 12.4. The van der Waals surface area contributed by atoms with Crippen LogP contribution in [0.1, 0.15) is 43.5 Å². The number of pyridine rings is 1. The molecular formula is C15H22FN3O. The van der Waals surface area contributed by atoms with E-state index in [0.717, 1.165) is 19.3 Å². The SMILES string of the molecule is CNc1nccc(C(=O)N2CCCC(C)(C)CC2)c1F. The fraction of sp³-hybridized carbons (Fsp3) is 0.600. The van der Waals surface area contributed by atoms with Crippen molar-refractivity contribution in [2.45, 2.75) is 33.1 Å². The van der Waals surface area contributed by atoms with E-state index >= 15 is 0 Å². The van der Waals surface area contributed by atoms with Gasteiger partial charge in [-0.25, -0.2) is 9.37 Å². The van der Waals surface area contributed by atoms with Crippen LogP contribution in [0.5, 0.6) is 0 Å². The number of hydrogen-bond acceptors (Lipinski definition) is 3. The fourth-order valence-electron chi connectivity index (χ4n) is 2.58. The predicted octanol–water partition coefficient (Wildman–Crippen LogP) is 2.91. The molecule has 1 aromatic rings. The van der Waals surface area contributed by atoms with Gasteiger partial charge in [0.25, 0.3) is 5.91 Å². The molecule has 1 aliphatic heterocycles. The van der Waals surface area contributed by atoms with Crippen molar-refractivity contribution in [2.75, 3.05) is 25.5 Å². The van der Waals surface area contributed by atoms with E-state index in [1.165, 1.54) is 12.3 Å². The van der Waals surface area contributed by atoms with Gasteiger partial charge in [-0.3, -0.25) is 4.79 Å². The summed E-state index contributed by atoms with van der Waals surface area (Å²) in [5.41, 5.74) is 0.353. The molecule has 20 heavy (non-hydrogen) atoms. The summed E-state index contributed by atoms with van der Waals surface area (Å²) in [4.78, 5) is 18.1. The molecule has 0 bridgehead atoms. The smallest absolute Gasteiger partial charge is 0.257 e. The number of likely N-dealkylation sites (tertiary alicyclic amines) is 1. The number of carbonyl (C=O) groups excluding carboxylic acids is 1. The van der Waals surface area contributed by atoms with Gasteiger partial charge in [0.2, 0.25) is 0 Å². The number of amides is 1. The van der Waals surface area contributed by atoms with Crippen molar-refractivity contribution in [1.82, 2.24) is 9.88 Å². The van der Waals surface area contributed by atoms with Crippen molar-refractivity contribution < 1.29 is 9.18 Å². The normalized spacial score (nSPS) is 18.5. The maximum Gasteiger partial charge on any atom is 0.257 e. The molecule has 1 aliphatic rings. The minimum absolute atomic E-state index is 0.101. The lowest BCUT2D eigenvalue weighted by atomic mass is 9.85. The van der Waals surface area contributed by atoms with Crippen LogP contribution < -0.4 is 5.32 Å². The van der Waals surface area contributed by atoms with Crippen LogP contribution in [0.2, 0.25) is 0 Å². The predicted molar refractivity (Wildman–Crippen MR) is 77.3 cm³/mol. The summed E-state index contributed by atoms with van der Waals surface area (Å²) >= 11 is 0. The molecule has 2 heterocycles. The number of rotatable bonds is 2. The topological polar surface area (TPSA) is 45.2 Å². The number of nitrogens with zero attached hydrogens (tertiary/aromatic N) is 2. The number of hydrogen-bond donors (Lipinski definition) is 1. The molecule has 0 radical (unpaired) electrons. The molecule has 4 nitrogen and oxygen atoms in total. The molecule has 5 heteroatoms. The molecule has 2 rings (SSSR count). The molecule has 0 unspecified atom stereocenters. The van der Waals surface area contributed by atoms with Gasteiger partial charge in [0.1, 0.15) is 0 Å². The number of carbonyl (C=O) groups is 1. The zero-order valence-corrected chi connectivity index (χ0v) is 12.4. The van der Waals surface area contributed by atoms with Crippen LogP contribution in [0.4, 0.5) is 10.2 Å². The average Bonchev–Trinajstić information content (AvgIpc) is 2.59. The summed E-state index contributed by atoms with van der Waals surface area (Å²) in [5.74, 6) is -0.686. The van der Waals surface area contributed by atoms with Gasteiger partial charge in [-0.1, -0.05) is 13.8 Å². The first-order valence-electron chi connectivity index (χ1n) is 7.06. The van der Waals surface area contributed by atoms with E-state index in [9.17, 15) is 9.18 Å². The third-order valence-corrected chi connectivity index (χ3v) is 3.98. The maximum atomic E-state index is 14.2. The van der Waals surface area contributed by atoms with Gasteiger partial charge in [-0.2, -0.15) is 0 Å². The van der Waals surface area contributed by atoms with Crippen molar-refractivity contribution in [3.8, 4) is 0 Å². The Kier molecular flexibility index (Phi) is 4.26. The van der Waals surface area contributed by atoms with E-state index in [1.54, 1.807) is 11.9 Å². The van der Waals surface area contributed by atoms with Crippen molar-refractivity contribution in [3.63, 3.8) is 0 Å². The highest BCUT2D eigenvalue weighted by Gasteiger charge is 2.27. The highest BCUT2D eigenvalue weighted by Crippen LogP contribution is 2.30. The van der Waals surface area contributed by atoms with Crippen molar-refractivity contribution in [1.29, 1.82) is 0 Å². The summed E-state index contributed by atoms with van der Waals surface area (Å²) in [6.45, 7) is 5.81. The Morgan fingerprint density at radius 3 is 2.85 bits per heavy atom. The molecule has 0 aromatic carbocycles. The number of anilines is 1. The van der Waals surface area contributed by atoms with Gasteiger partial charge >= 0.3 is 0 Å². The number of aromatic nitrogens is 1. The highest BCUT2D eigenvalue weighted by molar-refractivity contribution is 5.95. The first-order valence-corrected chi connectivity index (χ1v) is 7.06. The summed E-state index contributed by atoms with van der Waals surface area (Å²) in [7, 11) is 1.59. The Hall–Kier alpha value is -1.65. The second-order valence-electron chi connectivity index (χ2n) is 6.08. The fourth-order valence-corrected chi connectivity index (χ4v) is 2.58. The zero-order chi connectivity index (χ0) is 14.8. The van der Waals surface area contributed by atoms with E-state index in [4.69, 9.17) is 0 Å². The van der Waals surface area contributed by atoms with Crippen LogP contribution in [0.3, 0.4) is 0 Å². The van der Waals surface area contributed by atoms with E-state index in [0.29, 0.717) is 13.1 Å². The molecule has 1 aromatic heterocycles. The van der Waals surface area contributed by atoms with Crippen LogP contribution in [0.25, 0.3) is 0 Å². The molecule has 0 atom stereocenters. The highest BCUT2D eigenvalue weighted by atomic mass is 19.1. The number of nitrogens with one attached hydrogen (secondary N) is 1. The summed E-state index contributed by atoms with van der Waals surface area (Å²) in [6.07, 6.45) is 4.47. The standard InChI is InChI=1S/C15H22FN3O/c1-15(2)6-4-9-19(10-7-15)14(20)11-5-8-18-13(17-3)12(11)16/h5,8H,4,6-7,9-10H2,1-3H3,(H,17,18). The lowest BCUT2D eigenvalue weighted by molar-refractivity contribution is 0.0752. The first-order chi connectivity index (χ1) is 9.44. The Balaban J connectivity index is 2.19. The average molecular weight is 279 g/mol. The maximum absolute atomic E-state index is 14.2. The molecular weight excluding hydrogens is 257 g/mol. The minimum Gasteiger partial charge on any atom is -0.371 e. The molecule has 110 valence electrons. The summed E-state index contributed by atoms with van der Waals surface area (Å²) < 4.78 is 14.2. The second kappa shape index (κ2) is 5.77. The Morgan fingerprint density at radius 2 is 2.15 bits per heavy atom. The third-order valence-electron chi connectivity index (χ3n) is 3.98. The van der Waals surface area contributed by atoms with E-state index in [-0.39, 0.29) is 22.7 Å². The second-order valence-corrected chi connectivity index (χ2v) is 6.08. The first kappa shape index (κ1) is 14.8. The van der Waals surface area contributed by atoms with Crippen molar-refractivity contribution >= 4 is 11.7 Å². The van der Waals surface area contributed by atoms with Crippen molar-refractivity contribution in [3.05, 3.63) is 23.6 Å². The molecule has 0 saturated carbocycles. The minimum atomic E-state index is -0.566. The third kappa shape index (κ3) is 3.08. The van der Waals surface area contributed by atoms with Gasteiger partial charge < -0.3 is 10.2 Å². The van der Waals surface area contributed by atoms with Gasteiger partial charge in [0.15, 0.2) is 11.6 Å². The Morgan fingerprint density at radius 1 is 1.40 bits per heavy atom. The lowest BCUT2D eigenvalue weighted by Crippen LogP contribution is -2.33. The van der Waals surface area contributed by atoms with E-state index < -0.39 is 5.82 Å². The summed E-state index contributed by atoms with van der Waals surface area (Å²) in [5, 5.41) is 2.66. The van der Waals surface area contributed by atoms with Gasteiger partial charge in [-0.15, -0.1) is 0 Å². The molecule has 1 N–H and O–H groups in total. The molecule has 0 spiro atoms. The van der Waals surface area contributed by atoms with Crippen LogP contribution >= 0.6 is 0 Å². The van der Waals surface area contributed by atoms with Crippen LogP contribution in [-0.2, 0) is 0 Å². The van der Waals surface area contributed by atoms with Gasteiger partial charge in [0.05, 0.1) is 5.56 Å². The quantitative estimate of drug-likeness (QED) is 0.905. The molecule has 1 fully saturated rings. The Labute approximate surface area is 119 Å².